The van der Waals surface area contributed by atoms with Gasteiger partial charge < -0.3 is 19.8 Å². The van der Waals surface area contributed by atoms with Crippen LogP contribution in [0.15, 0.2) is 39.5 Å². The smallest absolute Gasteiger partial charge is 0.404 e. The Morgan fingerprint density at radius 3 is 2.88 bits per heavy atom. The van der Waals surface area contributed by atoms with Gasteiger partial charge in [-0.2, -0.15) is 9.78 Å². The van der Waals surface area contributed by atoms with Crippen LogP contribution in [0.25, 0.3) is 0 Å². The van der Waals surface area contributed by atoms with Gasteiger partial charge in [-0.15, -0.1) is 0 Å². The topological polar surface area (TPSA) is 121 Å². The van der Waals surface area contributed by atoms with Gasteiger partial charge in [-0.05, 0) is 39.1 Å². The van der Waals surface area contributed by atoms with E-state index in [1.807, 2.05) is 0 Å². The molecule has 0 bridgehead atoms. The van der Waals surface area contributed by atoms with Gasteiger partial charge >= 0.3 is 5.82 Å². The number of carbonyl (C=O) groups is 1. The van der Waals surface area contributed by atoms with Gasteiger partial charge in [0.25, 0.3) is 5.91 Å². The van der Waals surface area contributed by atoms with Crippen LogP contribution in [0.4, 0.5) is 5.82 Å². The van der Waals surface area contributed by atoms with E-state index in [0.29, 0.717) is 12.3 Å². The summed E-state index contributed by atoms with van der Waals surface area (Å²) >= 11 is 3.08. The van der Waals surface area contributed by atoms with E-state index in [2.05, 4.69) is 31.4 Å². The predicted octanol–water partition coefficient (Wildman–Crippen LogP) is 1.86. The van der Waals surface area contributed by atoms with Crippen molar-refractivity contribution in [2.75, 3.05) is 0 Å². The second kappa shape index (κ2) is 6.89. The molecule has 0 aliphatic carbocycles. The number of halogens is 1. The first kappa shape index (κ1) is 16.9. The second-order valence-electron chi connectivity index (χ2n) is 5.15. The minimum Gasteiger partial charge on any atom is -0.454 e. The van der Waals surface area contributed by atoms with Crippen molar-refractivity contribution in [2.24, 2.45) is 7.05 Å². The van der Waals surface area contributed by atoms with E-state index in [1.165, 1.54) is 10.9 Å². The molecule has 1 N–H and O–H groups in total. The summed E-state index contributed by atoms with van der Waals surface area (Å²) in [4.78, 5) is 22.3. The van der Waals surface area contributed by atoms with E-state index in [0.717, 1.165) is 5.69 Å². The quantitative estimate of drug-likeness (QED) is 0.490. The molecule has 10 nitrogen and oxygen atoms in total. The molecule has 0 atom stereocenters. The summed E-state index contributed by atoms with van der Waals surface area (Å²) in [6, 6.07) is 4.97. The van der Waals surface area contributed by atoms with E-state index in [9.17, 15) is 14.9 Å². The van der Waals surface area contributed by atoms with Crippen LogP contribution in [-0.4, -0.2) is 30.4 Å². The zero-order valence-electron chi connectivity index (χ0n) is 13.0. The van der Waals surface area contributed by atoms with Crippen LogP contribution in [-0.2, 0) is 20.1 Å². The number of hydrogen-bond acceptors (Lipinski definition) is 6. The standard InChI is InChI=1S/C14H13BrN6O4/c1-19-9(4-5-17-19)6-16-14(22)12-3-2-10(25-12)7-20-8-11(15)13(18-20)21(23)24/h2-5,8H,6-7H2,1H3,(H,16,22). The molecule has 0 aliphatic rings. The molecule has 3 aromatic heterocycles. The minimum absolute atomic E-state index is 0.151. The number of amides is 1. The van der Waals surface area contributed by atoms with E-state index in [4.69, 9.17) is 4.42 Å². The molecule has 0 saturated carbocycles. The van der Waals surface area contributed by atoms with E-state index in [1.54, 1.807) is 36.1 Å². The molecular weight excluding hydrogens is 396 g/mol. The fraction of sp³-hybridized carbons (Fsp3) is 0.214. The van der Waals surface area contributed by atoms with Crippen molar-refractivity contribution in [3.63, 3.8) is 0 Å². The summed E-state index contributed by atoms with van der Waals surface area (Å²) in [5.41, 5.74) is 0.855. The Kier molecular flexibility index (Phi) is 4.65. The Bertz CT molecular complexity index is 928. The van der Waals surface area contributed by atoms with Crippen LogP contribution >= 0.6 is 15.9 Å². The van der Waals surface area contributed by atoms with Crippen molar-refractivity contribution >= 4 is 27.7 Å². The number of rotatable bonds is 6. The molecule has 0 fully saturated rings. The van der Waals surface area contributed by atoms with Gasteiger partial charge in [-0.25, -0.2) is 0 Å². The van der Waals surface area contributed by atoms with Crippen LogP contribution in [0.1, 0.15) is 22.0 Å². The highest BCUT2D eigenvalue weighted by molar-refractivity contribution is 9.10. The highest BCUT2D eigenvalue weighted by Crippen LogP contribution is 2.22. The minimum atomic E-state index is -0.583. The molecule has 0 saturated heterocycles. The number of aryl methyl sites for hydroxylation is 1. The van der Waals surface area contributed by atoms with Crippen LogP contribution < -0.4 is 5.32 Å². The van der Waals surface area contributed by atoms with Crippen molar-refractivity contribution < 1.29 is 14.1 Å². The lowest BCUT2D eigenvalue weighted by molar-refractivity contribution is -0.390. The number of nitro groups is 1. The maximum atomic E-state index is 12.1. The molecule has 0 radical (unpaired) electrons. The summed E-state index contributed by atoms with van der Waals surface area (Å²) in [6.45, 7) is 0.491. The monoisotopic (exact) mass is 408 g/mol. The summed E-state index contributed by atoms with van der Waals surface area (Å²) in [5.74, 6) is -0.0331. The highest BCUT2D eigenvalue weighted by atomic mass is 79.9. The average Bonchev–Trinajstić information content (AvgIpc) is 3.26. The number of furan rings is 1. The zero-order valence-corrected chi connectivity index (χ0v) is 14.6. The molecule has 3 aromatic rings. The summed E-state index contributed by atoms with van der Waals surface area (Å²) in [7, 11) is 1.79. The fourth-order valence-electron chi connectivity index (χ4n) is 2.17. The van der Waals surface area contributed by atoms with Gasteiger partial charge in [0, 0.05) is 13.2 Å². The maximum Gasteiger partial charge on any atom is 0.404 e. The maximum absolute atomic E-state index is 12.1. The predicted molar refractivity (Wildman–Crippen MR) is 88.8 cm³/mol. The van der Waals surface area contributed by atoms with Crippen LogP contribution in [0.2, 0.25) is 0 Å². The molecule has 11 heteroatoms. The van der Waals surface area contributed by atoms with Gasteiger partial charge in [0.2, 0.25) is 0 Å². The Morgan fingerprint density at radius 2 is 2.24 bits per heavy atom. The lowest BCUT2D eigenvalue weighted by Crippen LogP contribution is -2.23. The molecular formula is C14H13BrN6O4. The number of aromatic nitrogens is 4. The van der Waals surface area contributed by atoms with E-state index in [-0.39, 0.29) is 28.5 Å². The summed E-state index contributed by atoms with van der Waals surface area (Å²) in [6.07, 6.45) is 3.12. The molecule has 1 amide bonds. The van der Waals surface area contributed by atoms with Crippen molar-refractivity contribution in [1.29, 1.82) is 0 Å². The molecule has 0 unspecified atom stereocenters. The van der Waals surface area contributed by atoms with Gasteiger partial charge in [-0.3, -0.25) is 9.48 Å². The molecule has 3 heterocycles. The van der Waals surface area contributed by atoms with Gasteiger partial charge in [0.1, 0.15) is 16.8 Å². The first-order valence-electron chi connectivity index (χ1n) is 7.15. The molecule has 0 aromatic carbocycles. The van der Waals surface area contributed by atoms with E-state index < -0.39 is 4.92 Å². The first-order valence-corrected chi connectivity index (χ1v) is 7.94. The van der Waals surface area contributed by atoms with Crippen molar-refractivity contribution in [2.45, 2.75) is 13.1 Å². The third-order valence-corrected chi connectivity index (χ3v) is 3.99. The van der Waals surface area contributed by atoms with Crippen LogP contribution in [0.3, 0.4) is 0 Å². The third-order valence-electron chi connectivity index (χ3n) is 3.43. The molecule has 0 aliphatic heterocycles. The number of nitrogens with zero attached hydrogens (tertiary/aromatic N) is 5. The van der Waals surface area contributed by atoms with E-state index >= 15 is 0 Å². The van der Waals surface area contributed by atoms with Crippen molar-refractivity contribution in [3.05, 3.63) is 62.4 Å². The lowest BCUT2D eigenvalue weighted by atomic mass is 10.3. The Hall–Kier alpha value is -2.95. The molecule has 130 valence electrons. The van der Waals surface area contributed by atoms with Gasteiger partial charge in [0.15, 0.2) is 5.76 Å². The Morgan fingerprint density at radius 1 is 1.44 bits per heavy atom. The average molecular weight is 409 g/mol. The summed E-state index contributed by atoms with van der Waals surface area (Å²) < 4.78 is 8.78. The number of carbonyl (C=O) groups excluding carboxylic acids is 1. The largest absolute Gasteiger partial charge is 0.454 e. The highest BCUT2D eigenvalue weighted by Gasteiger charge is 2.20. The number of hydrogen-bond donors (Lipinski definition) is 1. The number of nitrogens with one attached hydrogen (secondary N) is 1. The Labute approximate surface area is 149 Å². The van der Waals surface area contributed by atoms with Crippen LogP contribution in [0.5, 0.6) is 0 Å². The zero-order chi connectivity index (χ0) is 18.0. The SMILES string of the molecule is Cn1nccc1CNC(=O)c1ccc(Cn2cc(Br)c([N+](=O)[O-])n2)o1. The van der Waals surface area contributed by atoms with Crippen molar-refractivity contribution in [1.82, 2.24) is 24.9 Å². The molecule has 0 spiro atoms. The summed E-state index contributed by atoms with van der Waals surface area (Å²) in [5, 5.41) is 21.4. The molecule has 25 heavy (non-hydrogen) atoms. The van der Waals surface area contributed by atoms with Crippen molar-refractivity contribution in [3.8, 4) is 0 Å². The molecule has 3 rings (SSSR count). The fourth-order valence-corrected chi connectivity index (χ4v) is 2.63. The normalized spacial score (nSPS) is 10.8. The van der Waals surface area contributed by atoms with Crippen LogP contribution in [0, 0.1) is 10.1 Å². The first-order chi connectivity index (χ1) is 11.9. The van der Waals surface area contributed by atoms with Gasteiger partial charge in [-0.1, -0.05) is 0 Å². The Balaban J connectivity index is 1.63. The lowest BCUT2D eigenvalue weighted by Gasteiger charge is -2.03. The third kappa shape index (κ3) is 3.76. The second-order valence-corrected chi connectivity index (χ2v) is 6.00. The van der Waals surface area contributed by atoms with Gasteiger partial charge in [0.05, 0.1) is 23.5 Å².